The molecule has 0 aromatic heterocycles. The first-order chi connectivity index (χ1) is 12.9. The van der Waals surface area contributed by atoms with Gasteiger partial charge in [-0.15, -0.1) is 0 Å². The zero-order valence-electron chi connectivity index (χ0n) is 17.8. The molecule has 0 radical (unpaired) electrons. The molecule has 6 nitrogen and oxygen atoms in total. The number of cyclic esters (lactones) is 1. The first-order valence-electron chi connectivity index (χ1n) is 10.3. The van der Waals surface area contributed by atoms with Gasteiger partial charge in [0.1, 0.15) is 11.9 Å². The molecular weight excluding hydrogens is 428 g/mol. The van der Waals surface area contributed by atoms with E-state index in [1.165, 1.54) is 0 Å². The van der Waals surface area contributed by atoms with Gasteiger partial charge in [-0.1, -0.05) is 50.5 Å². The Labute approximate surface area is 177 Å². The van der Waals surface area contributed by atoms with Crippen LogP contribution in [0.3, 0.4) is 0 Å². The van der Waals surface area contributed by atoms with Gasteiger partial charge in [0, 0.05) is 29.0 Å². The summed E-state index contributed by atoms with van der Waals surface area (Å²) >= 11 is 3.35. The first-order valence-corrected chi connectivity index (χ1v) is 11.4. The van der Waals surface area contributed by atoms with Crippen molar-refractivity contribution in [2.75, 3.05) is 5.33 Å². The Morgan fingerprint density at radius 1 is 0.893 bits per heavy atom. The van der Waals surface area contributed by atoms with Crippen molar-refractivity contribution in [3.05, 3.63) is 0 Å². The van der Waals surface area contributed by atoms with Crippen molar-refractivity contribution in [3.63, 3.8) is 0 Å². The molecule has 164 valence electrons. The van der Waals surface area contributed by atoms with Gasteiger partial charge in [-0.3, -0.25) is 9.59 Å². The molecule has 0 saturated carbocycles. The minimum Gasteiger partial charge on any atom is -0.462 e. The number of alkyl halides is 1. The van der Waals surface area contributed by atoms with E-state index in [-0.39, 0.29) is 17.6 Å². The summed E-state index contributed by atoms with van der Waals surface area (Å²) in [6, 6.07) is 0. The van der Waals surface area contributed by atoms with Gasteiger partial charge < -0.3 is 20.1 Å². The zero-order chi connectivity index (χ0) is 21.8. The number of carbonyl (C=O) groups excluding carboxylic acids is 2. The molecule has 0 spiro atoms. The highest BCUT2D eigenvalue weighted by Crippen LogP contribution is 2.31. The van der Waals surface area contributed by atoms with Gasteiger partial charge in [0.25, 0.3) is 0 Å². The molecule has 1 aliphatic heterocycles. The predicted octanol–water partition coefficient (Wildman–Crippen LogP) is 2.56. The fraction of sp³-hybridized carbons (Fsp3) is 0.905. The molecule has 7 heteroatoms. The fourth-order valence-corrected chi connectivity index (χ4v) is 4.67. The van der Waals surface area contributed by atoms with Crippen LogP contribution in [0.2, 0.25) is 0 Å². The number of Topliss-reactive ketones (excluding diaryl/α,β-unsaturated/α-hetero) is 1. The van der Waals surface area contributed by atoms with E-state index in [2.05, 4.69) is 15.9 Å². The Morgan fingerprint density at radius 3 is 1.96 bits per heavy atom. The van der Waals surface area contributed by atoms with E-state index in [4.69, 9.17) is 4.74 Å². The molecule has 0 bridgehead atoms. The Bertz CT molecular complexity index is 527. The highest BCUT2D eigenvalue weighted by Gasteiger charge is 2.40. The number of aliphatic hydroxyl groups excluding tert-OH is 3. The van der Waals surface area contributed by atoms with Gasteiger partial charge in [0.05, 0.1) is 24.2 Å². The van der Waals surface area contributed by atoms with E-state index in [0.717, 1.165) is 0 Å². The van der Waals surface area contributed by atoms with Gasteiger partial charge in [-0.2, -0.15) is 0 Å². The predicted molar refractivity (Wildman–Crippen MR) is 111 cm³/mol. The maximum atomic E-state index is 12.8. The monoisotopic (exact) mass is 464 g/mol. The standard InChI is InChI=1S/C21H37BrO6/c1-10-9-11(2)18(24)14(5)20(26)15(6)21(27)28-16(7-8-22)12(3)19(25)13(4)17(10)23/h10-16,18-20,24-26H,7-9H2,1-6H3/t10-,11+,12+,13+,14-,15-,16-,18+,19+,20+/m1/s1. The smallest absolute Gasteiger partial charge is 0.311 e. The summed E-state index contributed by atoms with van der Waals surface area (Å²) in [5, 5.41) is 32.6. The van der Waals surface area contributed by atoms with Gasteiger partial charge in [-0.25, -0.2) is 0 Å². The lowest BCUT2D eigenvalue weighted by Gasteiger charge is -2.36. The number of hydrogen-bond donors (Lipinski definition) is 3. The van der Waals surface area contributed by atoms with Crippen LogP contribution >= 0.6 is 15.9 Å². The summed E-state index contributed by atoms with van der Waals surface area (Å²) in [7, 11) is 0. The summed E-state index contributed by atoms with van der Waals surface area (Å²) in [5.74, 6) is -3.58. The van der Waals surface area contributed by atoms with Gasteiger partial charge >= 0.3 is 5.97 Å². The molecule has 1 saturated heterocycles. The summed E-state index contributed by atoms with van der Waals surface area (Å²) in [4.78, 5) is 25.5. The second kappa shape index (κ2) is 11.0. The molecule has 0 unspecified atom stereocenters. The van der Waals surface area contributed by atoms with Crippen molar-refractivity contribution in [1.82, 2.24) is 0 Å². The number of ether oxygens (including phenoxy) is 1. The minimum atomic E-state index is -1.07. The number of rotatable bonds is 2. The Hall–Kier alpha value is -0.500. The quantitative estimate of drug-likeness (QED) is 0.428. The molecule has 0 amide bonds. The Kier molecular flexibility index (Phi) is 10.1. The minimum absolute atomic E-state index is 0.0686. The van der Waals surface area contributed by atoms with Crippen LogP contribution in [-0.4, -0.2) is 56.8 Å². The third-order valence-electron chi connectivity index (χ3n) is 6.50. The average Bonchev–Trinajstić information content (AvgIpc) is 2.67. The molecule has 0 aromatic rings. The van der Waals surface area contributed by atoms with Crippen LogP contribution < -0.4 is 0 Å². The Balaban J connectivity index is 3.25. The summed E-state index contributed by atoms with van der Waals surface area (Å²) < 4.78 is 5.64. The fourth-order valence-electron chi connectivity index (χ4n) is 4.21. The average molecular weight is 465 g/mol. The van der Waals surface area contributed by atoms with Crippen molar-refractivity contribution in [2.24, 2.45) is 35.5 Å². The lowest BCUT2D eigenvalue weighted by Crippen LogP contribution is -2.45. The SMILES string of the molecule is C[C@@H]1[C@@H](O)[C@@H](C)C[C@@H](C)C(=O)[C@H](C)[C@@H](O)[C@@H](C)[C@@H](CCBr)OC(=O)[C@H](C)[C@H]1O. The topological polar surface area (TPSA) is 104 Å². The second-order valence-electron chi connectivity index (χ2n) is 8.74. The third kappa shape index (κ3) is 6.00. The lowest BCUT2D eigenvalue weighted by atomic mass is 9.77. The van der Waals surface area contributed by atoms with Gasteiger partial charge in [0.15, 0.2) is 0 Å². The summed E-state index contributed by atoms with van der Waals surface area (Å²) in [5.41, 5.74) is 0. The maximum absolute atomic E-state index is 12.8. The van der Waals surface area contributed by atoms with Gasteiger partial charge in [0.2, 0.25) is 0 Å². The van der Waals surface area contributed by atoms with E-state index in [1.54, 1.807) is 27.7 Å². The van der Waals surface area contributed by atoms with E-state index < -0.39 is 54.1 Å². The molecule has 1 fully saturated rings. The van der Waals surface area contributed by atoms with Crippen molar-refractivity contribution in [3.8, 4) is 0 Å². The number of hydrogen-bond acceptors (Lipinski definition) is 6. The maximum Gasteiger partial charge on any atom is 0.311 e. The zero-order valence-corrected chi connectivity index (χ0v) is 19.4. The highest BCUT2D eigenvalue weighted by molar-refractivity contribution is 9.09. The van der Waals surface area contributed by atoms with Crippen LogP contribution in [0, 0.1) is 35.5 Å². The largest absolute Gasteiger partial charge is 0.462 e. The van der Waals surface area contributed by atoms with Gasteiger partial charge in [-0.05, 0) is 25.7 Å². The number of ketones is 1. The van der Waals surface area contributed by atoms with Crippen molar-refractivity contribution in [2.45, 2.75) is 78.8 Å². The molecule has 1 rings (SSSR count). The number of carbonyl (C=O) groups is 2. The molecule has 28 heavy (non-hydrogen) atoms. The molecule has 1 heterocycles. The summed E-state index contributed by atoms with van der Waals surface area (Å²) in [6.07, 6.45) is -2.52. The number of halogens is 1. The first kappa shape index (κ1) is 25.5. The van der Waals surface area contributed by atoms with E-state index >= 15 is 0 Å². The molecule has 10 atom stereocenters. The van der Waals surface area contributed by atoms with Crippen LogP contribution in [-0.2, 0) is 14.3 Å². The normalized spacial score (nSPS) is 44.6. The molecule has 0 aliphatic carbocycles. The van der Waals surface area contributed by atoms with E-state index in [1.807, 2.05) is 13.8 Å². The highest BCUT2D eigenvalue weighted by atomic mass is 79.9. The van der Waals surface area contributed by atoms with Crippen LogP contribution in [0.25, 0.3) is 0 Å². The van der Waals surface area contributed by atoms with Crippen LogP contribution in [0.15, 0.2) is 0 Å². The van der Waals surface area contributed by atoms with E-state index in [9.17, 15) is 24.9 Å². The summed E-state index contributed by atoms with van der Waals surface area (Å²) in [6.45, 7) is 10.4. The van der Waals surface area contributed by atoms with Crippen LogP contribution in [0.1, 0.15) is 54.4 Å². The molecule has 1 aliphatic rings. The Morgan fingerprint density at radius 2 is 1.43 bits per heavy atom. The molecule has 3 N–H and O–H groups in total. The van der Waals surface area contributed by atoms with Crippen molar-refractivity contribution < 1.29 is 29.6 Å². The van der Waals surface area contributed by atoms with Crippen LogP contribution in [0.5, 0.6) is 0 Å². The molecule has 0 aromatic carbocycles. The number of esters is 1. The number of aliphatic hydroxyl groups is 3. The van der Waals surface area contributed by atoms with Crippen LogP contribution in [0.4, 0.5) is 0 Å². The van der Waals surface area contributed by atoms with E-state index in [0.29, 0.717) is 18.2 Å². The van der Waals surface area contributed by atoms with Crippen molar-refractivity contribution >= 4 is 27.7 Å². The van der Waals surface area contributed by atoms with Crippen molar-refractivity contribution in [1.29, 1.82) is 0 Å². The lowest BCUT2D eigenvalue weighted by molar-refractivity contribution is -0.166. The molecular formula is C21H37BrO6. The third-order valence-corrected chi connectivity index (χ3v) is 6.96. The second-order valence-corrected chi connectivity index (χ2v) is 9.53.